The number of hydrogen-bond donors (Lipinski definition) is 1. The van der Waals surface area contributed by atoms with Gasteiger partial charge in [-0.05, 0) is 43.7 Å². The molecule has 2 heterocycles. The monoisotopic (exact) mass is 387 g/mol. The van der Waals surface area contributed by atoms with E-state index in [2.05, 4.69) is 15.3 Å². The Morgan fingerprint density at radius 2 is 1.78 bits per heavy atom. The highest BCUT2D eigenvalue weighted by Gasteiger charge is 2.22. The highest BCUT2D eigenvalue weighted by molar-refractivity contribution is 6.30. The number of carbonyl (C=O) groups is 2. The first-order valence-corrected chi connectivity index (χ1v) is 9.15. The van der Waals surface area contributed by atoms with Crippen molar-refractivity contribution >= 4 is 35.1 Å². The molecule has 0 bridgehead atoms. The molecule has 1 saturated heterocycles. The number of benzene rings is 1. The first kappa shape index (κ1) is 19.1. The van der Waals surface area contributed by atoms with Crippen molar-refractivity contribution in [2.45, 2.75) is 20.8 Å². The van der Waals surface area contributed by atoms with E-state index >= 15 is 0 Å². The number of aryl methyl sites for hydroxylation is 2. The Morgan fingerprint density at radius 1 is 1.07 bits per heavy atom. The molecule has 3 rings (SSSR count). The van der Waals surface area contributed by atoms with Crippen molar-refractivity contribution in [1.29, 1.82) is 0 Å². The smallest absolute Gasteiger partial charge is 0.274 e. The molecule has 142 valence electrons. The summed E-state index contributed by atoms with van der Waals surface area (Å²) in [7, 11) is 0. The molecule has 1 aliphatic heterocycles. The summed E-state index contributed by atoms with van der Waals surface area (Å²) in [6.07, 6.45) is 0. The van der Waals surface area contributed by atoms with Crippen LogP contribution in [0.15, 0.2) is 24.3 Å². The summed E-state index contributed by atoms with van der Waals surface area (Å²) in [4.78, 5) is 36.8. The van der Waals surface area contributed by atoms with Gasteiger partial charge in [0.25, 0.3) is 5.91 Å². The highest BCUT2D eigenvalue weighted by atomic mass is 35.5. The summed E-state index contributed by atoms with van der Waals surface area (Å²) in [5.41, 5.74) is 2.59. The second-order valence-corrected chi connectivity index (χ2v) is 7.04. The Hall–Kier alpha value is -2.67. The molecule has 7 nitrogen and oxygen atoms in total. The normalized spacial score (nSPS) is 14.2. The van der Waals surface area contributed by atoms with E-state index in [0.29, 0.717) is 54.2 Å². The van der Waals surface area contributed by atoms with Crippen LogP contribution in [-0.2, 0) is 4.79 Å². The number of nitrogens with zero attached hydrogens (tertiary/aromatic N) is 4. The lowest BCUT2D eigenvalue weighted by Gasteiger charge is -2.34. The molecule has 0 aliphatic carbocycles. The molecule has 27 heavy (non-hydrogen) atoms. The van der Waals surface area contributed by atoms with Crippen molar-refractivity contribution in [2.75, 3.05) is 36.4 Å². The lowest BCUT2D eigenvalue weighted by molar-refractivity contribution is -0.129. The number of nitrogens with one attached hydrogen (secondary N) is 1. The topological polar surface area (TPSA) is 78.4 Å². The Kier molecular flexibility index (Phi) is 5.60. The molecule has 8 heteroatoms. The van der Waals surface area contributed by atoms with Gasteiger partial charge in [-0.1, -0.05) is 11.6 Å². The van der Waals surface area contributed by atoms with Gasteiger partial charge in [0.1, 0.15) is 5.69 Å². The SMILES string of the molecule is CC(=O)N1CCN(c2nc(C)cc(C(=O)Nc3ccc(Cl)cc3C)n2)CC1. The van der Waals surface area contributed by atoms with Crippen molar-refractivity contribution in [2.24, 2.45) is 0 Å². The average molecular weight is 388 g/mol. The van der Waals surface area contributed by atoms with Gasteiger partial charge in [0.05, 0.1) is 0 Å². The lowest BCUT2D eigenvalue weighted by Crippen LogP contribution is -2.48. The number of amides is 2. The maximum absolute atomic E-state index is 12.7. The quantitative estimate of drug-likeness (QED) is 0.875. The molecule has 0 atom stereocenters. The third-order valence-corrected chi connectivity index (χ3v) is 4.75. The molecule has 1 fully saturated rings. The van der Waals surface area contributed by atoms with Crippen molar-refractivity contribution in [1.82, 2.24) is 14.9 Å². The summed E-state index contributed by atoms with van der Waals surface area (Å²) in [6.45, 7) is 7.81. The number of aromatic nitrogens is 2. The zero-order valence-corrected chi connectivity index (χ0v) is 16.4. The summed E-state index contributed by atoms with van der Waals surface area (Å²) in [6, 6.07) is 6.96. The van der Waals surface area contributed by atoms with Gasteiger partial charge in [0.2, 0.25) is 11.9 Å². The molecule has 2 amide bonds. The van der Waals surface area contributed by atoms with Gasteiger partial charge in [-0.2, -0.15) is 0 Å². The number of piperazine rings is 1. The lowest BCUT2D eigenvalue weighted by atomic mass is 10.2. The van der Waals surface area contributed by atoms with E-state index in [1.807, 2.05) is 18.7 Å². The molecule has 0 saturated carbocycles. The number of anilines is 2. The fraction of sp³-hybridized carbons (Fsp3) is 0.368. The highest BCUT2D eigenvalue weighted by Crippen LogP contribution is 2.21. The molecule has 0 radical (unpaired) electrons. The number of carbonyl (C=O) groups excluding carboxylic acids is 2. The van der Waals surface area contributed by atoms with Crippen molar-refractivity contribution in [3.63, 3.8) is 0 Å². The predicted octanol–water partition coefficient (Wildman–Crippen LogP) is 2.67. The van der Waals surface area contributed by atoms with Crippen molar-refractivity contribution in [3.8, 4) is 0 Å². The Labute approximate surface area is 163 Å². The van der Waals surface area contributed by atoms with E-state index in [1.165, 1.54) is 0 Å². The number of hydrogen-bond acceptors (Lipinski definition) is 5. The average Bonchev–Trinajstić information content (AvgIpc) is 2.63. The van der Waals surface area contributed by atoms with Crippen LogP contribution in [0.4, 0.5) is 11.6 Å². The zero-order valence-electron chi connectivity index (χ0n) is 15.6. The minimum absolute atomic E-state index is 0.0678. The van der Waals surface area contributed by atoms with Crippen LogP contribution in [0.1, 0.15) is 28.7 Å². The summed E-state index contributed by atoms with van der Waals surface area (Å²) < 4.78 is 0. The van der Waals surface area contributed by atoms with E-state index in [9.17, 15) is 9.59 Å². The first-order chi connectivity index (χ1) is 12.8. The minimum Gasteiger partial charge on any atom is -0.339 e. The summed E-state index contributed by atoms with van der Waals surface area (Å²) in [5.74, 6) is 0.281. The zero-order chi connectivity index (χ0) is 19.6. The summed E-state index contributed by atoms with van der Waals surface area (Å²) in [5, 5.41) is 3.49. The molecule has 1 N–H and O–H groups in total. The van der Waals surface area contributed by atoms with E-state index in [-0.39, 0.29) is 11.8 Å². The molecule has 2 aromatic rings. The van der Waals surface area contributed by atoms with E-state index in [4.69, 9.17) is 11.6 Å². The fourth-order valence-electron chi connectivity index (χ4n) is 2.99. The van der Waals surface area contributed by atoms with E-state index < -0.39 is 0 Å². The number of halogens is 1. The molecule has 1 aromatic carbocycles. The van der Waals surface area contributed by atoms with Crippen LogP contribution in [0.2, 0.25) is 5.02 Å². The second kappa shape index (κ2) is 7.92. The van der Waals surface area contributed by atoms with Gasteiger partial charge in [-0.25, -0.2) is 9.97 Å². The maximum atomic E-state index is 12.7. The molecule has 0 unspecified atom stereocenters. The Balaban J connectivity index is 1.77. The van der Waals surface area contributed by atoms with Gasteiger partial charge >= 0.3 is 0 Å². The molecule has 0 spiro atoms. The molecular weight excluding hydrogens is 366 g/mol. The van der Waals surface area contributed by atoms with Gasteiger partial charge in [-0.3, -0.25) is 9.59 Å². The molecular formula is C19H22ClN5O2. The van der Waals surface area contributed by atoms with Crippen LogP contribution in [0.25, 0.3) is 0 Å². The van der Waals surface area contributed by atoms with E-state index in [0.717, 1.165) is 5.56 Å². The van der Waals surface area contributed by atoms with Gasteiger partial charge in [-0.15, -0.1) is 0 Å². The predicted molar refractivity (Wildman–Crippen MR) is 105 cm³/mol. The Morgan fingerprint density at radius 3 is 2.41 bits per heavy atom. The third kappa shape index (κ3) is 4.54. The van der Waals surface area contributed by atoms with Gasteiger partial charge in [0.15, 0.2) is 0 Å². The van der Waals surface area contributed by atoms with Crippen LogP contribution in [0.3, 0.4) is 0 Å². The number of rotatable bonds is 3. The van der Waals surface area contributed by atoms with Crippen molar-refractivity contribution in [3.05, 3.63) is 46.2 Å². The first-order valence-electron chi connectivity index (χ1n) is 8.77. The van der Waals surface area contributed by atoms with Crippen LogP contribution >= 0.6 is 11.6 Å². The van der Waals surface area contributed by atoms with Crippen LogP contribution in [0.5, 0.6) is 0 Å². The molecule has 1 aliphatic rings. The minimum atomic E-state index is -0.297. The van der Waals surface area contributed by atoms with Crippen LogP contribution < -0.4 is 10.2 Å². The standard InChI is InChI=1S/C19H22ClN5O2/c1-12-10-15(20)4-5-16(12)22-18(27)17-11-13(2)21-19(23-17)25-8-6-24(7-9-25)14(3)26/h4-5,10-11H,6-9H2,1-3H3,(H,22,27). The maximum Gasteiger partial charge on any atom is 0.274 e. The van der Waals surface area contributed by atoms with Crippen molar-refractivity contribution < 1.29 is 9.59 Å². The molecule has 1 aromatic heterocycles. The van der Waals surface area contributed by atoms with Crippen LogP contribution in [-0.4, -0.2) is 52.9 Å². The fourth-order valence-corrected chi connectivity index (χ4v) is 3.21. The summed E-state index contributed by atoms with van der Waals surface area (Å²) >= 11 is 5.96. The largest absolute Gasteiger partial charge is 0.339 e. The third-order valence-electron chi connectivity index (χ3n) is 4.52. The van der Waals surface area contributed by atoms with Gasteiger partial charge in [0, 0.05) is 49.5 Å². The van der Waals surface area contributed by atoms with Gasteiger partial charge < -0.3 is 15.1 Å². The Bertz CT molecular complexity index is 878. The second-order valence-electron chi connectivity index (χ2n) is 6.60. The van der Waals surface area contributed by atoms with Crippen LogP contribution in [0, 0.1) is 13.8 Å². The van der Waals surface area contributed by atoms with E-state index in [1.54, 1.807) is 36.1 Å².